The van der Waals surface area contributed by atoms with Crippen molar-refractivity contribution in [1.82, 2.24) is 9.80 Å². The van der Waals surface area contributed by atoms with Crippen LogP contribution in [0.4, 0.5) is 0 Å². The number of likely N-dealkylation sites (N-methyl/N-ethyl adjacent to an activating group) is 1. The van der Waals surface area contributed by atoms with Gasteiger partial charge in [0.2, 0.25) is 5.91 Å². The molecule has 1 aromatic carbocycles. The summed E-state index contributed by atoms with van der Waals surface area (Å²) in [6, 6.07) is 7.30. The Balaban J connectivity index is 1.95. The molecule has 2 rings (SSSR count). The highest BCUT2D eigenvalue weighted by molar-refractivity contribution is 8.26. The Bertz CT molecular complexity index is 724. The summed E-state index contributed by atoms with van der Waals surface area (Å²) < 4.78 is 0.489. The molecule has 0 saturated carbocycles. The van der Waals surface area contributed by atoms with Gasteiger partial charge >= 0.3 is 0 Å². The summed E-state index contributed by atoms with van der Waals surface area (Å²) in [5.74, 6) is -0.186. The highest BCUT2D eigenvalue weighted by Crippen LogP contribution is 2.33. The number of hydrogen-bond donors (Lipinski definition) is 1. The third-order valence-electron chi connectivity index (χ3n) is 3.94. The van der Waals surface area contributed by atoms with Gasteiger partial charge in [0, 0.05) is 31.1 Å². The van der Waals surface area contributed by atoms with Gasteiger partial charge in [-0.05, 0) is 31.1 Å². The average molecular weight is 413 g/mol. The fraction of sp³-hybridized carbons (Fsp3) is 0.389. The first-order valence-electron chi connectivity index (χ1n) is 8.36. The van der Waals surface area contributed by atoms with E-state index in [1.54, 1.807) is 17.0 Å². The van der Waals surface area contributed by atoms with Crippen LogP contribution in [0.5, 0.6) is 0 Å². The number of amides is 2. The van der Waals surface area contributed by atoms with Crippen molar-refractivity contribution >= 4 is 57.8 Å². The highest BCUT2D eigenvalue weighted by Gasteiger charge is 2.31. The second-order valence-electron chi connectivity index (χ2n) is 5.66. The van der Waals surface area contributed by atoms with Crippen LogP contribution < -0.4 is 0 Å². The van der Waals surface area contributed by atoms with Gasteiger partial charge in [-0.15, -0.1) is 0 Å². The number of carbonyl (C=O) groups excluding carboxylic acids is 2. The van der Waals surface area contributed by atoms with Gasteiger partial charge in [0.05, 0.1) is 11.5 Å². The molecule has 1 N–H and O–H groups in total. The third kappa shape index (κ3) is 5.30. The number of thiocarbonyl (C=S) groups is 1. The van der Waals surface area contributed by atoms with Gasteiger partial charge in [0.15, 0.2) is 0 Å². The van der Waals surface area contributed by atoms with Crippen molar-refractivity contribution < 1.29 is 14.7 Å². The number of rotatable bonds is 8. The predicted octanol–water partition coefficient (Wildman–Crippen LogP) is 3.16. The van der Waals surface area contributed by atoms with Gasteiger partial charge in [-0.3, -0.25) is 14.5 Å². The number of hydrogen-bond acceptors (Lipinski definition) is 5. The fourth-order valence-corrected chi connectivity index (χ4v) is 4.04. The zero-order chi connectivity index (χ0) is 19.1. The highest BCUT2D eigenvalue weighted by atomic mass is 35.5. The summed E-state index contributed by atoms with van der Waals surface area (Å²) in [6.45, 7) is 3.10. The quantitative estimate of drug-likeness (QED) is 0.525. The van der Waals surface area contributed by atoms with Crippen LogP contribution in [-0.4, -0.2) is 57.3 Å². The lowest BCUT2D eigenvalue weighted by atomic mass is 10.2. The van der Waals surface area contributed by atoms with E-state index in [0.29, 0.717) is 46.7 Å². The number of aliphatic hydroxyl groups is 1. The van der Waals surface area contributed by atoms with Crippen LogP contribution in [0, 0.1) is 0 Å². The van der Waals surface area contributed by atoms with E-state index in [2.05, 4.69) is 0 Å². The van der Waals surface area contributed by atoms with Crippen molar-refractivity contribution in [3.05, 3.63) is 39.8 Å². The molecular weight excluding hydrogens is 392 g/mol. The van der Waals surface area contributed by atoms with E-state index in [0.717, 1.165) is 5.56 Å². The Labute approximate surface area is 168 Å². The molecule has 0 atom stereocenters. The van der Waals surface area contributed by atoms with E-state index >= 15 is 0 Å². The minimum absolute atomic E-state index is 0.0291. The number of carbonyl (C=O) groups is 2. The number of nitrogens with zero attached hydrogens (tertiary/aromatic N) is 2. The molecule has 8 heteroatoms. The van der Waals surface area contributed by atoms with Crippen LogP contribution in [-0.2, 0) is 9.59 Å². The summed E-state index contributed by atoms with van der Waals surface area (Å²) in [5.41, 5.74) is 0.771. The van der Waals surface area contributed by atoms with Gasteiger partial charge in [-0.1, -0.05) is 53.8 Å². The maximum Gasteiger partial charge on any atom is 0.266 e. The maximum absolute atomic E-state index is 12.6. The molecule has 1 saturated heterocycles. The lowest BCUT2D eigenvalue weighted by molar-refractivity contribution is -0.132. The fourth-order valence-electron chi connectivity index (χ4n) is 2.55. The van der Waals surface area contributed by atoms with E-state index in [4.69, 9.17) is 28.9 Å². The van der Waals surface area contributed by atoms with Crippen LogP contribution >= 0.6 is 35.6 Å². The van der Waals surface area contributed by atoms with Crippen molar-refractivity contribution in [3.8, 4) is 0 Å². The van der Waals surface area contributed by atoms with Crippen molar-refractivity contribution in [3.63, 3.8) is 0 Å². The van der Waals surface area contributed by atoms with Crippen LogP contribution in [0.25, 0.3) is 6.08 Å². The lowest BCUT2D eigenvalue weighted by Crippen LogP contribution is -2.34. The normalized spacial score (nSPS) is 15.8. The molecule has 0 aliphatic carbocycles. The minimum Gasteiger partial charge on any atom is -0.395 e. The van der Waals surface area contributed by atoms with Crippen molar-refractivity contribution in [1.29, 1.82) is 0 Å². The van der Waals surface area contributed by atoms with Crippen LogP contribution in [0.3, 0.4) is 0 Å². The van der Waals surface area contributed by atoms with Gasteiger partial charge in [-0.2, -0.15) is 0 Å². The summed E-state index contributed by atoms with van der Waals surface area (Å²) in [5, 5.41) is 9.55. The molecule has 1 aromatic rings. The van der Waals surface area contributed by atoms with E-state index in [1.807, 2.05) is 25.1 Å². The molecule has 0 aromatic heterocycles. The molecule has 5 nitrogen and oxygen atoms in total. The molecule has 1 aliphatic rings. The average Bonchev–Trinajstić information content (AvgIpc) is 2.88. The molecule has 1 heterocycles. The molecule has 0 radical (unpaired) electrons. The predicted molar refractivity (Wildman–Crippen MR) is 110 cm³/mol. The SMILES string of the molecule is CCN(CCO)C(=O)CCCN1C(=O)/C(=C/c2ccccc2Cl)SC1=S. The summed E-state index contributed by atoms with van der Waals surface area (Å²) in [4.78, 5) is 28.3. The Morgan fingerprint density at radius 2 is 2.15 bits per heavy atom. The second-order valence-corrected chi connectivity index (χ2v) is 7.74. The molecule has 26 heavy (non-hydrogen) atoms. The standard InChI is InChI=1S/C18H21ClN2O3S2/c1-2-20(10-11-22)16(23)8-5-9-21-17(24)15(26-18(21)25)12-13-6-3-4-7-14(13)19/h3-4,6-7,12,22H,2,5,8-11H2,1H3/b15-12-. The topological polar surface area (TPSA) is 60.9 Å². The number of thioether (sulfide) groups is 1. The Kier molecular flexibility index (Phi) is 8.09. The van der Waals surface area contributed by atoms with Gasteiger partial charge < -0.3 is 10.0 Å². The van der Waals surface area contributed by atoms with E-state index in [9.17, 15) is 9.59 Å². The van der Waals surface area contributed by atoms with Gasteiger partial charge in [0.25, 0.3) is 5.91 Å². The largest absolute Gasteiger partial charge is 0.395 e. The summed E-state index contributed by atoms with van der Waals surface area (Å²) in [6.07, 6.45) is 2.58. The third-order valence-corrected chi connectivity index (χ3v) is 5.66. The van der Waals surface area contributed by atoms with Crippen LogP contribution in [0.2, 0.25) is 5.02 Å². The molecular formula is C18H21ClN2O3S2. The zero-order valence-electron chi connectivity index (χ0n) is 14.5. The van der Waals surface area contributed by atoms with E-state index in [-0.39, 0.29) is 18.4 Å². The van der Waals surface area contributed by atoms with Crippen molar-refractivity contribution in [2.24, 2.45) is 0 Å². The molecule has 1 aliphatic heterocycles. The molecule has 0 unspecified atom stereocenters. The monoisotopic (exact) mass is 412 g/mol. The van der Waals surface area contributed by atoms with Crippen molar-refractivity contribution in [2.45, 2.75) is 19.8 Å². The van der Waals surface area contributed by atoms with Crippen LogP contribution in [0.15, 0.2) is 29.2 Å². The molecule has 140 valence electrons. The molecule has 2 amide bonds. The molecule has 0 bridgehead atoms. The summed E-state index contributed by atoms with van der Waals surface area (Å²) in [7, 11) is 0. The first-order chi connectivity index (χ1) is 12.5. The van der Waals surface area contributed by atoms with E-state index in [1.165, 1.54) is 16.7 Å². The van der Waals surface area contributed by atoms with E-state index < -0.39 is 0 Å². The minimum atomic E-state index is -0.157. The molecule has 1 fully saturated rings. The Hall–Kier alpha value is -1.41. The van der Waals surface area contributed by atoms with Gasteiger partial charge in [0.1, 0.15) is 4.32 Å². The van der Waals surface area contributed by atoms with Gasteiger partial charge in [-0.25, -0.2) is 0 Å². The number of benzene rings is 1. The number of aliphatic hydroxyl groups excluding tert-OH is 1. The zero-order valence-corrected chi connectivity index (χ0v) is 16.9. The maximum atomic E-state index is 12.6. The first-order valence-corrected chi connectivity index (χ1v) is 9.96. The summed E-state index contributed by atoms with van der Waals surface area (Å²) >= 11 is 12.7. The Morgan fingerprint density at radius 1 is 1.42 bits per heavy atom. The second kappa shape index (κ2) is 10.1. The Morgan fingerprint density at radius 3 is 2.81 bits per heavy atom. The van der Waals surface area contributed by atoms with Crippen molar-refractivity contribution in [2.75, 3.05) is 26.2 Å². The van der Waals surface area contributed by atoms with Crippen LogP contribution in [0.1, 0.15) is 25.3 Å². The lowest BCUT2D eigenvalue weighted by Gasteiger charge is -2.20. The molecule has 0 spiro atoms. The first kappa shape index (κ1) is 20.9. The smallest absolute Gasteiger partial charge is 0.266 e. The number of halogens is 1.